The number of nitrogens with one attached hydrogen (secondary N) is 1. The molecule has 0 atom stereocenters. The van der Waals surface area contributed by atoms with Gasteiger partial charge in [-0.1, -0.05) is 41.9 Å². The van der Waals surface area contributed by atoms with Crippen molar-refractivity contribution in [3.63, 3.8) is 0 Å². The van der Waals surface area contributed by atoms with E-state index in [1.165, 1.54) is 10.6 Å². The number of hydrogen-bond donors (Lipinski definition) is 1. The lowest BCUT2D eigenvalue weighted by Crippen LogP contribution is -2.41. The van der Waals surface area contributed by atoms with Gasteiger partial charge < -0.3 is 5.32 Å². The average Bonchev–Trinajstić information content (AvgIpc) is 2.93. The molecule has 2 aromatic rings. The van der Waals surface area contributed by atoms with Crippen LogP contribution in [-0.4, -0.2) is 54.3 Å². The van der Waals surface area contributed by atoms with Crippen molar-refractivity contribution in [3.05, 3.63) is 52.3 Å². The first-order valence-corrected chi connectivity index (χ1v) is 11.5. The van der Waals surface area contributed by atoms with Crippen molar-refractivity contribution in [2.45, 2.75) is 26.3 Å². The van der Waals surface area contributed by atoms with Gasteiger partial charge in [0.05, 0.1) is 24.1 Å². The molecule has 1 aromatic carbocycles. The summed E-state index contributed by atoms with van der Waals surface area (Å²) in [4.78, 5) is 12.7. The van der Waals surface area contributed by atoms with Gasteiger partial charge in [0.2, 0.25) is 10.0 Å². The minimum absolute atomic E-state index is 0.243. The molecule has 0 aliphatic carbocycles. The van der Waals surface area contributed by atoms with Gasteiger partial charge in [0.1, 0.15) is 5.15 Å². The highest BCUT2D eigenvalue weighted by Crippen LogP contribution is 2.22. The lowest BCUT2D eigenvalue weighted by atomic mass is 9.98. The fraction of sp³-hybridized carbons (Fsp3) is 0.474. The Morgan fingerprint density at radius 3 is 2.50 bits per heavy atom. The first kappa shape index (κ1) is 20.8. The van der Waals surface area contributed by atoms with E-state index in [1.807, 2.05) is 30.3 Å². The van der Waals surface area contributed by atoms with Crippen LogP contribution in [0.5, 0.6) is 0 Å². The maximum Gasteiger partial charge on any atom is 0.256 e. The minimum atomic E-state index is -3.14. The number of carbonyl (C=O) groups is 1. The molecule has 0 radical (unpaired) electrons. The standard InChI is InChI=1S/C19H25ClN4O3S/c1-14-17(18(20)24(22-14)13-16-6-4-3-5-7-16)19(25)21-12-15-8-10-23(11-9-15)28(2,26)27/h3-7,15H,8-13H2,1-2H3,(H,21,25). The minimum Gasteiger partial charge on any atom is -0.352 e. The Balaban J connectivity index is 1.59. The second-order valence-corrected chi connectivity index (χ2v) is 9.55. The van der Waals surface area contributed by atoms with Crippen molar-refractivity contribution in [2.75, 3.05) is 25.9 Å². The predicted octanol–water partition coefficient (Wildman–Crippen LogP) is 2.29. The number of carbonyl (C=O) groups excluding carboxylic acids is 1. The average molecular weight is 425 g/mol. The number of benzene rings is 1. The molecule has 1 aromatic heterocycles. The van der Waals surface area contributed by atoms with Crippen molar-refractivity contribution in [1.29, 1.82) is 0 Å². The molecule has 0 saturated carbocycles. The van der Waals surface area contributed by atoms with Crippen LogP contribution in [0.1, 0.15) is 34.5 Å². The van der Waals surface area contributed by atoms with Crippen molar-refractivity contribution in [1.82, 2.24) is 19.4 Å². The second-order valence-electron chi connectivity index (χ2n) is 7.21. The van der Waals surface area contributed by atoms with E-state index in [1.54, 1.807) is 11.6 Å². The largest absolute Gasteiger partial charge is 0.352 e. The van der Waals surface area contributed by atoms with Crippen LogP contribution in [-0.2, 0) is 16.6 Å². The Morgan fingerprint density at radius 2 is 1.89 bits per heavy atom. The molecular formula is C19H25ClN4O3S. The van der Waals surface area contributed by atoms with E-state index in [-0.39, 0.29) is 11.8 Å². The number of rotatable bonds is 6. The third-order valence-electron chi connectivity index (χ3n) is 5.06. The Morgan fingerprint density at radius 1 is 1.25 bits per heavy atom. The molecule has 1 fully saturated rings. The topological polar surface area (TPSA) is 84.3 Å². The van der Waals surface area contributed by atoms with Crippen molar-refractivity contribution in [2.24, 2.45) is 5.92 Å². The van der Waals surface area contributed by atoms with E-state index >= 15 is 0 Å². The molecule has 1 saturated heterocycles. The lowest BCUT2D eigenvalue weighted by Gasteiger charge is -2.30. The number of aryl methyl sites for hydroxylation is 1. The maximum absolute atomic E-state index is 12.7. The first-order chi connectivity index (χ1) is 13.3. The normalized spacial score (nSPS) is 16.2. The number of amides is 1. The Labute approximate surface area is 170 Å². The Hall–Kier alpha value is -1.90. The monoisotopic (exact) mass is 424 g/mol. The quantitative estimate of drug-likeness (QED) is 0.771. The molecule has 1 amide bonds. The molecule has 0 spiro atoms. The van der Waals surface area contributed by atoms with Crippen LogP contribution in [0, 0.1) is 12.8 Å². The zero-order valence-corrected chi connectivity index (χ0v) is 17.6. The van der Waals surface area contributed by atoms with Crippen molar-refractivity contribution in [3.8, 4) is 0 Å². The predicted molar refractivity (Wildman–Crippen MR) is 109 cm³/mol. The second kappa shape index (κ2) is 8.63. The molecule has 1 N–H and O–H groups in total. The number of aromatic nitrogens is 2. The summed E-state index contributed by atoms with van der Waals surface area (Å²) in [7, 11) is -3.14. The van der Waals surface area contributed by atoms with Gasteiger partial charge in [-0.15, -0.1) is 0 Å². The SMILES string of the molecule is Cc1nn(Cc2ccccc2)c(Cl)c1C(=O)NCC1CCN(S(C)(=O)=O)CC1. The molecule has 2 heterocycles. The van der Waals surface area contributed by atoms with Crippen LogP contribution in [0.25, 0.3) is 0 Å². The first-order valence-electron chi connectivity index (χ1n) is 9.26. The van der Waals surface area contributed by atoms with Gasteiger partial charge in [-0.05, 0) is 31.2 Å². The van der Waals surface area contributed by atoms with Crippen LogP contribution in [0.4, 0.5) is 0 Å². The number of nitrogens with zero attached hydrogens (tertiary/aromatic N) is 3. The molecular weight excluding hydrogens is 400 g/mol. The van der Waals surface area contributed by atoms with Gasteiger partial charge in [-0.2, -0.15) is 5.10 Å². The summed E-state index contributed by atoms with van der Waals surface area (Å²) in [5, 5.41) is 7.67. The zero-order chi connectivity index (χ0) is 20.3. The molecule has 0 unspecified atom stereocenters. The highest BCUT2D eigenvalue weighted by Gasteiger charge is 2.26. The van der Waals surface area contributed by atoms with Gasteiger partial charge >= 0.3 is 0 Å². The van der Waals surface area contributed by atoms with Gasteiger partial charge in [0, 0.05) is 19.6 Å². The molecule has 1 aliphatic rings. The molecule has 28 heavy (non-hydrogen) atoms. The highest BCUT2D eigenvalue weighted by molar-refractivity contribution is 7.88. The summed E-state index contributed by atoms with van der Waals surface area (Å²) >= 11 is 6.43. The molecule has 0 bridgehead atoms. The number of halogens is 1. The third kappa shape index (κ3) is 4.92. The molecule has 1 aliphatic heterocycles. The van der Waals surface area contributed by atoms with E-state index in [4.69, 9.17) is 11.6 Å². The van der Waals surface area contributed by atoms with E-state index in [0.717, 1.165) is 18.4 Å². The number of piperidine rings is 1. The Bertz CT molecular complexity index is 936. The zero-order valence-electron chi connectivity index (χ0n) is 16.1. The fourth-order valence-corrected chi connectivity index (χ4v) is 4.64. The Kier molecular flexibility index (Phi) is 6.42. The third-order valence-corrected chi connectivity index (χ3v) is 6.75. The summed E-state index contributed by atoms with van der Waals surface area (Å²) in [6, 6.07) is 9.80. The molecule has 152 valence electrons. The van der Waals surface area contributed by atoms with Crippen LogP contribution in [0.2, 0.25) is 5.15 Å². The maximum atomic E-state index is 12.7. The van der Waals surface area contributed by atoms with Crippen molar-refractivity contribution >= 4 is 27.5 Å². The summed E-state index contributed by atoms with van der Waals surface area (Å²) in [5.41, 5.74) is 2.04. The lowest BCUT2D eigenvalue weighted by molar-refractivity contribution is 0.0941. The van der Waals surface area contributed by atoms with E-state index in [2.05, 4.69) is 10.4 Å². The van der Waals surface area contributed by atoms with Crippen LogP contribution >= 0.6 is 11.6 Å². The fourth-order valence-electron chi connectivity index (χ4n) is 3.44. The summed E-state index contributed by atoms with van der Waals surface area (Å²) in [6.45, 7) is 3.75. The van der Waals surface area contributed by atoms with Gasteiger partial charge in [-0.25, -0.2) is 17.4 Å². The summed E-state index contributed by atoms with van der Waals surface area (Å²) < 4.78 is 26.3. The molecule has 3 rings (SSSR count). The molecule has 9 heteroatoms. The van der Waals surface area contributed by atoms with E-state index in [0.29, 0.717) is 42.6 Å². The van der Waals surface area contributed by atoms with Crippen LogP contribution in [0.15, 0.2) is 30.3 Å². The summed E-state index contributed by atoms with van der Waals surface area (Å²) in [5.74, 6) is 0.00718. The van der Waals surface area contributed by atoms with Crippen LogP contribution < -0.4 is 5.32 Å². The smallest absolute Gasteiger partial charge is 0.256 e. The number of hydrogen-bond acceptors (Lipinski definition) is 4. The summed E-state index contributed by atoms with van der Waals surface area (Å²) in [6.07, 6.45) is 2.69. The van der Waals surface area contributed by atoms with Crippen LogP contribution in [0.3, 0.4) is 0 Å². The van der Waals surface area contributed by atoms with E-state index in [9.17, 15) is 13.2 Å². The van der Waals surface area contributed by atoms with E-state index < -0.39 is 10.0 Å². The number of sulfonamides is 1. The van der Waals surface area contributed by atoms with Gasteiger partial charge in [-0.3, -0.25) is 4.79 Å². The highest BCUT2D eigenvalue weighted by atomic mass is 35.5. The van der Waals surface area contributed by atoms with Gasteiger partial charge in [0.25, 0.3) is 5.91 Å². The van der Waals surface area contributed by atoms with Gasteiger partial charge in [0.15, 0.2) is 0 Å². The molecule has 7 nitrogen and oxygen atoms in total. The van der Waals surface area contributed by atoms with Crippen molar-refractivity contribution < 1.29 is 13.2 Å².